The van der Waals surface area contributed by atoms with Crippen LogP contribution in [0.25, 0.3) is 0 Å². The van der Waals surface area contributed by atoms with Crippen LogP contribution in [0.5, 0.6) is 5.75 Å². The van der Waals surface area contributed by atoms with Crippen LogP contribution in [0.2, 0.25) is 0 Å². The fourth-order valence-corrected chi connectivity index (χ4v) is 3.54. The van der Waals surface area contributed by atoms with Gasteiger partial charge in [-0.1, -0.05) is 6.07 Å². The summed E-state index contributed by atoms with van der Waals surface area (Å²) in [5.41, 5.74) is 3.39. The van der Waals surface area contributed by atoms with E-state index in [0.717, 1.165) is 41.5 Å². The molecule has 1 aromatic carbocycles. The van der Waals surface area contributed by atoms with Crippen LogP contribution in [0.1, 0.15) is 35.6 Å². The Morgan fingerprint density at radius 2 is 1.74 bits per heavy atom. The molecule has 142 valence electrons. The molecule has 1 aliphatic heterocycles. The number of hydrogen-bond acceptors (Lipinski definition) is 5. The van der Waals surface area contributed by atoms with Crippen LogP contribution in [0, 0.1) is 13.8 Å². The van der Waals surface area contributed by atoms with Crippen LogP contribution in [0.15, 0.2) is 30.3 Å². The van der Waals surface area contributed by atoms with Crippen molar-refractivity contribution in [2.75, 3.05) is 37.7 Å². The molecule has 0 unspecified atom stereocenters. The van der Waals surface area contributed by atoms with E-state index in [9.17, 15) is 4.79 Å². The highest BCUT2D eigenvalue weighted by molar-refractivity contribution is 5.78. The van der Waals surface area contributed by atoms with Crippen molar-refractivity contribution in [3.8, 4) is 5.75 Å². The third-order valence-electron chi connectivity index (χ3n) is 5.18. The molecular weight excluding hydrogens is 340 g/mol. The molecule has 1 aromatic heterocycles. The number of rotatable bonds is 5. The summed E-state index contributed by atoms with van der Waals surface area (Å²) < 4.78 is 5.71. The molecule has 0 atom stereocenters. The van der Waals surface area contributed by atoms with E-state index in [1.165, 1.54) is 12.8 Å². The highest BCUT2D eigenvalue weighted by Crippen LogP contribution is 2.38. The van der Waals surface area contributed by atoms with Gasteiger partial charge in [-0.25, -0.2) is 0 Å². The Hall–Kier alpha value is -2.63. The fraction of sp³-hybridized carbons (Fsp3) is 0.476. The number of aryl methyl sites for hydroxylation is 2. The number of benzene rings is 1. The molecule has 4 rings (SSSR count). The van der Waals surface area contributed by atoms with E-state index in [1.54, 1.807) is 0 Å². The van der Waals surface area contributed by atoms with Gasteiger partial charge in [0.2, 0.25) is 0 Å². The number of hydrogen-bond donors (Lipinski definition) is 0. The Kier molecular flexibility index (Phi) is 4.97. The van der Waals surface area contributed by atoms with Crippen LogP contribution in [0.4, 0.5) is 5.82 Å². The summed E-state index contributed by atoms with van der Waals surface area (Å²) in [6, 6.07) is 10.2. The summed E-state index contributed by atoms with van der Waals surface area (Å²) in [4.78, 5) is 16.5. The van der Waals surface area contributed by atoms with E-state index < -0.39 is 0 Å². The molecular formula is C21H26N4O2. The van der Waals surface area contributed by atoms with Gasteiger partial charge in [-0.3, -0.25) is 4.79 Å². The number of carbonyl (C=O) groups excluding carboxylic acids is 1. The van der Waals surface area contributed by atoms with E-state index >= 15 is 0 Å². The molecule has 6 nitrogen and oxygen atoms in total. The number of piperazine rings is 1. The van der Waals surface area contributed by atoms with Gasteiger partial charge in [-0.15, -0.1) is 5.10 Å². The lowest BCUT2D eigenvalue weighted by Gasteiger charge is -2.35. The van der Waals surface area contributed by atoms with Gasteiger partial charge in [0, 0.05) is 32.1 Å². The summed E-state index contributed by atoms with van der Waals surface area (Å²) in [6.45, 7) is 7.04. The van der Waals surface area contributed by atoms with E-state index in [1.807, 2.05) is 30.9 Å². The minimum absolute atomic E-state index is 0.0315. The molecule has 2 aromatic rings. The zero-order valence-electron chi connectivity index (χ0n) is 16.0. The van der Waals surface area contributed by atoms with E-state index in [0.29, 0.717) is 19.0 Å². The van der Waals surface area contributed by atoms with E-state index in [2.05, 4.69) is 33.3 Å². The fourth-order valence-electron chi connectivity index (χ4n) is 3.54. The third kappa shape index (κ3) is 4.38. The number of ether oxygens (including phenoxy) is 1. The van der Waals surface area contributed by atoms with Crippen molar-refractivity contribution in [3.63, 3.8) is 0 Å². The number of carbonyl (C=O) groups is 1. The van der Waals surface area contributed by atoms with Gasteiger partial charge in [0.25, 0.3) is 5.91 Å². The molecule has 6 heteroatoms. The van der Waals surface area contributed by atoms with Crippen molar-refractivity contribution >= 4 is 11.7 Å². The largest absolute Gasteiger partial charge is 0.484 e. The summed E-state index contributed by atoms with van der Waals surface area (Å²) >= 11 is 0. The molecule has 27 heavy (non-hydrogen) atoms. The topological polar surface area (TPSA) is 58.6 Å². The first-order valence-corrected chi connectivity index (χ1v) is 9.66. The van der Waals surface area contributed by atoms with Crippen molar-refractivity contribution in [2.45, 2.75) is 32.6 Å². The van der Waals surface area contributed by atoms with Gasteiger partial charge in [0.05, 0.1) is 5.69 Å². The molecule has 2 fully saturated rings. The zero-order valence-corrected chi connectivity index (χ0v) is 16.0. The number of amides is 1. The Morgan fingerprint density at radius 3 is 2.33 bits per heavy atom. The average Bonchev–Trinajstić information content (AvgIpc) is 3.51. The highest BCUT2D eigenvalue weighted by Gasteiger charge is 2.26. The number of nitrogens with zero attached hydrogens (tertiary/aromatic N) is 4. The van der Waals surface area contributed by atoms with Crippen LogP contribution in [0.3, 0.4) is 0 Å². The van der Waals surface area contributed by atoms with Crippen LogP contribution in [-0.4, -0.2) is 53.8 Å². The lowest BCUT2D eigenvalue weighted by molar-refractivity contribution is -0.133. The summed E-state index contributed by atoms with van der Waals surface area (Å²) in [6.07, 6.45) is 2.47. The summed E-state index contributed by atoms with van der Waals surface area (Å²) in [5.74, 6) is 2.31. The number of aromatic nitrogens is 2. The predicted octanol–water partition coefficient (Wildman–Crippen LogP) is 2.70. The highest BCUT2D eigenvalue weighted by atomic mass is 16.5. The lowest BCUT2D eigenvalue weighted by atomic mass is 10.1. The molecule has 0 radical (unpaired) electrons. The van der Waals surface area contributed by atoms with E-state index in [4.69, 9.17) is 4.74 Å². The molecule has 0 bridgehead atoms. The first-order valence-electron chi connectivity index (χ1n) is 9.66. The lowest BCUT2D eigenvalue weighted by Crippen LogP contribution is -2.50. The Morgan fingerprint density at radius 1 is 1.04 bits per heavy atom. The monoisotopic (exact) mass is 366 g/mol. The molecule has 2 aliphatic rings. The second-order valence-corrected chi connectivity index (χ2v) is 7.57. The minimum atomic E-state index is 0.0315. The third-order valence-corrected chi connectivity index (χ3v) is 5.18. The molecule has 0 spiro atoms. The minimum Gasteiger partial charge on any atom is -0.484 e. The standard InChI is InChI=1S/C21H26N4O2/c1-15-11-16(2)13-18(12-15)27-14-21(26)25-9-7-24(8-10-25)20-6-5-19(22-23-20)17-3-4-17/h5-6,11-13,17H,3-4,7-10,14H2,1-2H3. The SMILES string of the molecule is Cc1cc(C)cc(OCC(=O)N2CCN(c3ccc(C4CC4)nn3)CC2)c1. The Balaban J connectivity index is 1.27. The van der Waals surface area contributed by atoms with E-state index in [-0.39, 0.29) is 12.5 Å². The van der Waals surface area contributed by atoms with Crippen LogP contribution >= 0.6 is 0 Å². The second kappa shape index (κ2) is 7.55. The Labute approximate surface area is 160 Å². The van der Waals surface area contributed by atoms with Crippen LogP contribution < -0.4 is 9.64 Å². The van der Waals surface area contributed by atoms with Crippen molar-refractivity contribution in [3.05, 3.63) is 47.2 Å². The smallest absolute Gasteiger partial charge is 0.260 e. The number of anilines is 1. The molecule has 1 amide bonds. The maximum atomic E-state index is 12.5. The molecule has 1 saturated heterocycles. The van der Waals surface area contributed by atoms with Gasteiger partial charge in [-0.2, -0.15) is 5.10 Å². The maximum absolute atomic E-state index is 12.5. The van der Waals surface area contributed by atoms with Gasteiger partial charge < -0.3 is 14.5 Å². The Bertz CT molecular complexity index is 789. The summed E-state index contributed by atoms with van der Waals surface area (Å²) in [5, 5.41) is 8.73. The van der Waals surface area contributed by atoms with Gasteiger partial charge in [0.15, 0.2) is 12.4 Å². The quantitative estimate of drug-likeness (QED) is 0.814. The van der Waals surface area contributed by atoms with Crippen LogP contribution in [-0.2, 0) is 4.79 Å². The van der Waals surface area contributed by atoms with Gasteiger partial charge in [0.1, 0.15) is 5.75 Å². The molecule has 1 aliphatic carbocycles. The summed E-state index contributed by atoms with van der Waals surface area (Å²) in [7, 11) is 0. The normalized spacial score (nSPS) is 17.1. The molecule has 0 N–H and O–H groups in total. The van der Waals surface area contributed by atoms with Gasteiger partial charge in [-0.05, 0) is 62.1 Å². The molecule has 1 saturated carbocycles. The van der Waals surface area contributed by atoms with Crippen molar-refractivity contribution in [1.29, 1.82) is 0 Å². The molecule has 2 heterocycles. The van der Waals surface area contributed by atoms with Gasteiger partial charge >= 0.3 is 0 Å². The second-order valence-electron chi connectivity index (χ2n) is 7.57. The van der Waals surface area contributed by atoms with Crippen molar-refractivity contribution in [1.82, 2.24) is 15.1 Å². The average molecular weight is 366 g/mol. The predicted molar refractivity (Wildman–Crippen MR) is 104 cm³/mol. The maximum Gasteiger partial charge on any atom is 0.260 e. The first-order chi connectivity index (χ1) is 13.1. The zero-order chi connectivity index (χ0) is 18.8. The first kappa shape index (κ1) is 17.8. The van der Waals surface area contributed by atoms with Crippen molar-refractivity contribution < 1.29 is 9.53 Å². The van der Waals surface area contributed by atoms with Crippen molar-refractivity contribution in [2.24, 2.45) is 0 Å².